The molecular weight excluding hydrogens is 330 g/mol. The van der Waals surface area contributed by atoms with E-state index in [0.29, 0.717) is 10.3 Å². The number of hydrogen-bond donors (Lipinski definition) is 0. The average molecular weight is 340 g/mol. The van der Waals surface area contributed by atoms with E-state index >= 15 is 0 Å². The maximum absolute atomic E-state index is 5.59. The Bertz CT molecular complexity index is 492. The molecule has 0 aliphatic carbocycles. The SMILES string of the molecule is CCc1cc(Cl)nc(Cl)n1.Cc1cc(Cl)nc(Cl)n1. The molecule has 2 heterocycles. The summed E-state index contributed by atoms with van der Waals surface area (Å²) in [6, 6.07) is 3.35. The molecule has 0 spiro atoms. The molecule has 0 N–H and O–H groups in total. The molecule has 0 radical (unpaired) electrons. The molecule has 4 nitrogen and oxygen atoms in total. The molecule has 0 atom stereocenters. The quantitative estimate of drug-likeness (QED) is 0.569. The molecule has 2 aromatic rings. The second kappa shape index (κ2) is 7.80. The van der Waals surface area contributed by atoms with Gasteiger partial charge in [-0.1, -0.05) is 30.1 Å². The van der Waals surface area contributed by atoms with Crippen LogP contribution in [0.5, 0.6) is 0 Å². The van der Waals surface area contributed by atoms with E-state index in [1.165, 1.54) is 0 Å². The van der Waals surface area contributed by atoms with Crippen molar-refractivity contribution < 1.29 is 0 Å². The fourth-order valence-electron chi connectivity index (χ4n) is 1.11. The van der Waals surface area contributed by atoms with Crippen molar-refractivity contribution in [2.24, 2.45) is 0 Å². The van der Waals surface area contributed by atoms with Gasteiger partial charge in [0.25, 0.3) is 0 Å². The third-order valence-electron chi connectivity index (χ3n) is 1.88. The molecule has 8 heteroatoms. The van der Waals surface area contributed by atoms with Crippen molar-refractivity contribution in [3.63, 3.8) is 0 Å². The first-order valence-electron chi connectivity index (χ1n) is 5.26. The van der Waals surface area contributed by atoms with Crippen molar-refractivity contribution in [3.8, 4) is 0 Å². The number of rotatable bonds is 1. The Kier molecular flexibility index (Phi) is 6.72. The molecule has 0 aliphatic heterocycles. The summed E-state index contributed by atoms with van der Waals surface area (Å²) in [5.41, 5.74) is 1.64. The molecule has 0 aromatic carbocycles. The first-order chi connectivity index (χ1) is 8.90. The van der Waals surface area contributed by atoms with Crippen molar-refractivity contribution in [2.45, 2.75) is 20.3 Å². The van der Waals surface area contributed by atoms with E-state index < -0.39 is 0 Å². The van der Waals surface area contributed by atoms with Gasteiger partial charge in [-0.25, -0.2) is 19.9 Å². The van der Waals surface area contributed by atoms with Gasteiger partial charge in [0.1, 0.15) is 10.3 Å². The fraction of sp³-hybridized carbons (Fsp3) is 0.273. The second-order valence-electron chi connectivity index (χ2n) is 3.41. The van der Waals surface area contributed by atoms with Gasteiger partial charge in [0, 0.05) is 11.4 Å². The van der Waals surface area contributed by atoms with Gasteiger partial charge < -0.3 is 0 Å². The summed E-state index contributed by atoms with van der Waals surface area (Å²) >= 11 is 22.1. The Labute approximate surface area is 131 Å². The van der Waals surface area contributed by atoms with Gasteiger partial charge in [0.15, 0.2) is 0 Å². The second-order valence-corrected chi connectivity index (χ2v) is 4.86. The van der Waals surface area contributed by atoms with Gasteiger partial charge in [-0.05, 0) is 48.7 Å². The molecule has 0 bridgehead atoms. The lowest BCUT2D eigenvalue weighted by atomic mass is 10.3. The molecule has 102 valence electrons. The molecule has 0 saturated carbocycles. The number of halogens is 4. The zero-order valence-electron chi connectivity index (χ0n) is 10.2. The van der Waals surface area contributed by atoms with Crippen LogP contribution in [0.2, 0.25) is 20.9 Å². The molecular formula is C11H10Cl4N4. The predicted molar refractivity (Wildman–Crippen MR) is 78.2 cm³/mol. The first kappa shape index (κ1) is 16.4. The van der Waals surface area contributed by atoms with Crippen LogP contribution in [0.15, 0.2) is 12.1 Å². The summed E-state index contributed by atoms with van der Waals surface area (Å²) in [6.45, 7) is 3.79. The van der Waals surface area contributed by atoms with Gasteiger partial charge >= 0.3 is 0 Å². The maximum atomic E-state index is 5.59. The Morgan fingerprint density at radius 2 is 1.37 bits per heavy atom. The molecule has 0 unspecified atom stereocenters. The molecule has 2 rings (SSSR count). The summed E-state index contributed by atoms with van der Waals surface area (Å²) in [5, 5.41) is 1.19. The monoisotopic (exact) mass is 338 g/mol. The third-order valence-corrected chi connectivity index (χ3v) is 2.60. The van der Waals surface area contributed by atoms with E-state index in [2.05, 4.69) is 19.9 Å². The van der Waals surface area contributed by atoms with Gasteiger partial charge in [-0.3, -0.25) is 0 Å². The van der Waals surface area contributed by atoms with Crippen molar-refractivity contribution >= 4 is 46.4 Å². The number of nitrogens with zero attached hydrogens (tertiary/aromatic N) is 4. The van der Waals surface area contributed by atoms with Crippen LogP contribution >= 0.6 is 46.4 Å². The van der Waals surface area contributed by atoms with E-state index in [1.54, 1.807) is 19.1 Å². The van der Waals surface area contributed by atoms with Crippen LogP contribution in [0.4, 0.5) is 0 Å². The standard InChI is InChI=1S/C6H6Cl2N2.C5H4Cl2N2/c1-2-4-3-5(7)10-6(8)9-4;1-3-2-4(6)9-5(7)8-3/h3H,2H2,1H3;2H,1H3. The van der Waals surface area contributed by atoms with Crippen LogP contribution < -0.4 is 0 Å². The summed E-state index contributed by atoms with van der Waals surface area (Å²) in [6.07, 6.45) is 0.821. The van der Waals surface area contributed by atoms with Gasteiger partial charge in [0.2, 0.25) is 10.6 Å². The van der Waals surface area contributed by atoms with Gasteiger partial charge in [-0.2, -0.15) is 0 Å². The molecule has 2 aromatic heterocycles. The van der Waals surface area contributed by atoms with Crippen LogP contribution in [0.25, 0.3) is 0 Å². The zero-order valence-corrected chi connectivity index (χ0v) is 13.2. The highest BCUT2D eigenvalue weighted by molar-refractivity contribution is 6.32. The van der Waals surface area contributed by atoms with Crippen molar-refractivity contribution in [1.82, 2.24) is 19.9 Å². The summed E-state index contributed by atoms with van der Waals surface area (Å²) < 4.78 is 0. The first-order valence-corrected chi connectivity index (χ1v) is 6.77. The summed E-state index contributed by atoms with van der Waals surface area (Å²) in [5.74, 6) is 0. The maximum Gasteiger partial charge on any atom is 0.224 e. The highest BCUT2D eigenvalue weighted by atomic mass is 35.5. The molecule has 19 heavy (non-hydrogen) atoms. The number of hydrogen-bond acceptors (Lipinski definition) is 4. The molecule has 0 aliphatic rings. The minimum absolute atomic E-state index is 0.194. The molecule has 0 fully saturated rings. The van der Waals surface area contributed by atoms with Crippen LogP contribution in [-0.2, 0) is 6.42 Å². The van der Waals surface area contributed by atoms with E-state index in [-0.39, 0.29) is 10.6 Å². The Hall–Kier alpha value is -0.680. The lowest BCUT2D eigenvalue weighted by Gasteiger charge is -1.95. The predicted octanol–water partition coefficient (Wildman–Crippen LogP) is 4.44. The van der Waals surface area contributed by atoms with Crippen LogP contribution in [0.3, 0.4) is 0 Å². The van der Waals surface area contributed by atoms with Crippen LogP contribution in [0.1, 0.15) is 18.3 Å². The Morgan fingerprint density at radius 1 is 0.842 bits per heavy atom. The lowest BCUT2D eigenvalue weighted by Crippen LogP contribution is -1.89. The van der Waals surface area contributed by atoms with Crippen molar-refractivity contribution in [2.75, 3.05) is 0 Å². The minimum Gasteiger partial charge on any atom is -0.223 e. The van der Waals surface area contributed by atoms with Crippen LogP contribution in [0, 0.1) is 6.92 Å². The highest BCUT2D eigenvalue weighted by Gasteiger charge is 1.97. The normalized spacial score (nSPS) is 9.79. The largest absolute Gasteiger partial charge is 0.224 e. The Balaban J connectivity index is 0.000000191. The average Bonchev–Trinajstić information content (AvgIpc) is 2.26. The number of aryl methyl sites for hydroxylation is 2. The lowest BCUT2D eigenvalue weighted by molar-refractivity contribution is 0.999. The van der Waals surface area contributed by atoms with E-state index in [9.17, 15) is 0 Å². The highest BCUT2D eigenvalue weighted by Crippen LogP contribution is 2.10. The molecule has 0 amide bonds. The number of aromatic nitrogens is 4. The van der Waals surface area contributed by atoms with Crippen molar-refractivity contribution in [3.05, 3.63) is 44.4 Å². The molecule has 0 saturated heterocycles. The third kappa shape index (κ3) is 6.34. The Morgan fingerprint density at radius 3 is 1.79 bits per heavy atom. The smallest absolute Gasteiger partial charge is 0.223 e. The van der Waals surface area contributed by atoms with E-state index in [1.807, 2.05) is 6.92 Å². The minimum atomic E-state index is 0.194. The topological polar surface area (TPSA) is 51.6 Å². The summed E-state index contributed by atoms with van der Waals surface area (Å²) in [7, 11) is 0. The fourth-order valence-corrected chi connectivity index (χ4v) is 2.06. The van der Waals surface area contributed by atoms with E-state index in [4.69, 9.17) is 46.4 Å². The zero-order chi connectivity index (χ0) is 14.4. The van der Waals surface area contributed by atoms with Gasteiger partial charge in [0.05, 0.1) is 0 Å². The van der Waals surface area contributed by atoms with Crippen molar-refractivity contribution in [1.29, 1.82) is 0 Å². The summed E-state index contributed by atoms with van der Waals surface area (Å²) in [4.78, 5) is 15.1. The van der Waals surface area contributed by atoms with E-state index in [0.717, 1.165) is 17.8 Å². The van der Waals surface area contributed by atoms with Gasteiger partial charge in [-0.15, -0.1) is 0 Å². The van der Waals surface area contributed by atoms with Crippen LogP contribution in [-0.4, -0.2) is 19.9 Å².